The topological polar surface area (TPSA) is 703 Å². The van der Waals surface area contributed by atoms with Crippen molar-refractivity contribution >= 4 is 88.3 Å². The molecule has 45 nitrogen and oxygen atoms in total. The van der Waals surface area contributed by atoms with Crippen LogP contribution in [0.1, 0.15) is 153 Å². The van der Waals surface area contributed by atoms with E-state index in [0.717, 1.165) is 130 Å². The second kappa shape index (κ2) is 44.0. The number of aliphatic carboxylic acids is 2. The first-order chi connectivity index (χ1) is 66.3. The molecule has 0 aromatic heterocycles. The molecule has 25 N–H and O–H groups in total. The van der Waals surface area contributed by atoms with E-state index < -0.39 is 358 Å². The van der Waals surface area contributed by atoms with Crippen LogP contribution in [0.3, 0.4) is 0 Å². The van der Waals surface area contributed by atoms with E-state index in [-0.39, 0.29) is 22.6 Å². The van der Waals surface area contributed by atoms with Crippen LogP contribution in [0.2, 0.25) is 10.0 Å². The highest BCUT2D eigenvalue weighted by Crippen LogP contribution is 2.51. The lowest BCUT2D eigenvalue weighted by molar-refractivity contribution is -0.284. The number of hydrogen-bond donors (Lipinski definition) is 25. The number of carbonyl (C=O) groups is 11. The number of phenolic OH excluding ortho intramolecular Hbond substituents is 4. The van der Waals surface area contributed by atoms with Crippen LogP contribution in [0.5, 0.6) is 69.0 Å². The van der Waals surface area contributed by atoms with Gasteiger partial charge in [0.15, 0.2) is 35.3 Å². The smallest absolute Gasteiger partial charge is 0.330 e. The number of phenols is 4. The summed E-state index contributed by atoms with van der Waals surface area (Å²) in [5.41, 5.74) is -4.34. The standard InChI is InChI=1S/C92H101Cl2N9O36/c1-3-4-5-6-7-8-9-10-62(112)98-72-78(120)75(117)60(34-105)136-91(72)139-82-57-28-42-29-58(82)133-54-18-14-40(26-49(54)94)81(138-90-71(95-36(2)107)77(119)74(116)59(33-104)135-90)73-88(128)102-70(89(129)130)47-31-44(109)32-56(134-92-80(122)79(121)76(118)61(35-106)137-92)65(47)46-25-38(12-15-51(46)110)67(85(125)103-73)100-87(127)69(42)101-86(126)68-41-23-43(108)30-45(24-41)131-55-27-39(13-16-52(55)111)66(97-63(113)19-20-64(114)115)84(124)96-50(83(123)99-68)22-37-11-17-53(132-57)48(93)21-37/h11-18,21,23-32,50,59-61,66-81,90-92,104-106,108-111,116-122H,3-10,19-20,22,33-35H2,1-2H3,(H,95,107)(H,96,124)(H,97,113)(H,98,112)(H,99,123)(H,100,127)(H,101,126)(H,102,128)(H,103,125)(H,114,115)(H,129,130). The average molecular weight is 1980 g/mol. The molecule has 0 aliphatic carbocycles. The van der Waals surface area contributed by atoms with E-state index in [1.165, 1.54) is 24.3 Å². The van der Waals surface area contributed by atoms with Crippen molar-refractivity contribution in [2.24, 2.45) is 0 Å². The first-order valence-corrected chi connectivity index (χ1v) is 44.9. The van der Waals surface area contributed by atoms with E-state index >= 15 is 28.8 Å². The van der Waals surface area contributed by atoms with E-state index in [0.29, 0.717) is 12.8 Å². The lowest BCUT2D eigenvalue weighted by atomic mass is 9.89. The van der Waals surface area contributed by atoms with Crippen molar-refractivity contribution in [3.63, 3.8) is 0 Å². The molecule has 0 spiro atoms. The number of fused-ring (bicyclic) bond motifs is 14. The van der Waals surface area contributed by atoms with Gasteiger partial charge in [0.2, 0.25) is 71.5 Å². The molecule has 3 fully saturated rings. The summed E-state index contributed by atoms with van der Waals surface area (Å²) in [5, 5.41) is 203. The number of carboxylic acid groups (broad SMARTS) is 2. The Morgan fingerprint density at radius 3 is 1.63 bits per heavy atom. The normalized spacial score (nSPS) is 27.9. The summed E-state index contributed by atoms with van der Waals surface area (Å²) >= 11 is 14.8. The first kappa shape index (κ1) is 102. The quantitative estimate of drug-likeness (QED) is 0.0378. The number of aliphatic hydroxyl groups excluding tert-OH is 10. The molecule has 9 heterocycles. The number of halogens is 2. The van der Waals surface area contributed by atoms with Crippen LogP contribution in [0.15, 0.2) is 115 Å². The minimum absolute atomic E-state index is 0.0648. The van der Waals surface area contributed by atoms with Crippen LogP contribution in [0, 0.1) is 0 Å². The Labute approximate surface area is 798 Å². The van der Waals surface area contributed by atoms with Crippen LogP contribution < -0.4 is 71.5 Å². The molecule has 17 bridgehead atoms. The zero-order chi connectivity index (χ0) is 100.0. The van der Waals surface area contributed by atoms with Crippen molar-refractivity contribution in [2.45, 2.75) is 225 Å². The van der Waals surface area contributed by atoms with E-state index in [9.17, 15) is 106 Å². The predicted octanol–water partition coefficient (Wildman–Crippen LogP) is 1.19. The van der Waals surface area contributed by atoms with Crippen molar-refractivity contribution in [1.29, 1.82) is 0 Å². The Balaban J connectivity index is 1.03. The van der Waals surface area contributed by atoms with Crippen molar-refractivity contribution in [3.8, 4) is 80.1 Å². The number of amides is 9. The second-order valence-electron chi connectivity index (χ2n) is 34.1. The van der Waals surface area contributed by atoms with Gasteiger partial charge in [-0.25, -0.2) is 4.79 Å². The van der Waals surface area contributed by atoms with Crippen molar-refractivity contribution in [2.75, 3.05) is 19.8 Å². The number of hydrogen-bond acceptors (Lipinski definition) is 34. The van der Waals surface area contributed by atoms with Crippen LogP contribution in [-0.2, 0) is 78.1 Å². The molecule has 47 heteroatoms. The van der Waals surface area contributed by atoms with Gasteiger partial charge in [0.25, 0.3) is 0 Å². The third kappa shape index (κ3) is 22.9. The van der Waals surface area contributed by atoms with Crippen LogP contribution >= 0.6 is 23.2 Å². The second-order valence-corrected chi connectivity index (χ2v) is 34.9. The highest BCUT2D eigenvalue weighted by molar-refractivity contribution is 6.32. The minimum Gasteiger partial charge on any atom is -0.508 e. The summed E-state index contributed by atoms with van der Waals surface area (Å²) in [6, 6.07) is -1.02. The first-order valence-electron chi connectivity index (χ1n) is 44.1. The minimum atomic E-state index is -2.62. The van der Waals surface area contributed by atoms with Crippen LogP contribution in [0.4, 0.5) is 0 Å². The van der Waals surface area contributed by atoms with E-state index in [4.69, 9.17) is 65.8 Å². The van der Waals surface area contributed by atoms with Gasteiger partial charge in [0.05, 0.1) is 36.3 Å². The monoisotopic (exact) mass is 1980 g/mol. The van der Waals surface area contributed by atoms with E-state index in [2.05, 4.69) is 47.9 Å². The number of rotatable bonds is 24. The number of ether oxygens (including phenoxy) is 9. The Bertz CT molecular complexity index is 5840. The molecule has 7 aromatic carbocycles. The molecule has 9 aliphatic rings. The predicted molar refractivity (Wildman–Crippen MR) is 474 cm³/mol. The van der Waals surface area contributed by atoms with Gasteiger partial charge in [0.1, 0.15) is 156 Å². The summed E-state index contributed by atoms with van der Waals surface area (Å²) in [6.45, 7) is -0.200. The molecule has 0 saturated carbocycles. The fourth-order valence-corrected chi connectivity index (χ4v) is 17.6. The fraction of sp³-hybridized carbons (Fsp3) is 0.424. The third-order valence-electron chi connectivity index (χ3n) is 24.3. The molecule has 23 atom stereocenters. The zero-order valence-electron chi connectivity index (χ0n) is 73.7. The highest BCUT2D eigenvalue weighted by atomic mass is 35.5. The molecule has 23 unspecified atom stereocenters. The molecule has 9 aliphatic heterocycles. The van der Waals surface area contributed by atoms with Crippen molar-refractivity contribution < 1.29 is 177 Å². The lowest BCUT2D eigenvalue weighted by Gasteiger charge is -2.44. The zero-order valence-corrected chi connectivity index (χ0v) is 75.2. The fourth-order valence-electron chi connectivity index (χ4n) is 17.1. The summed E-state index contributed by atoms with van der Waals surface area (Å²) in [7, 11) is 0. The van der Waals surface area contributed by atoms with Gasteiger partial charge in [0, 0.05) is 55.0 Å². The summed E-state index contributed by atoms with van der Waals surface area (Å²) in [5.74, 6) is -23.3. The number of carbonyl (C=O) groups excluding carboxylic acids is 9. The largest absolute Gasteiger partial charge is 0.508 e. The Morgan fingerprint density at radius 1 is 0.453 bits per heavy atom. The number of benzene rings is 7. The van der Waals surface area contributed by atoms with E-state index in [1.807, 2.05) is 6.92 Å². The molecular formula is C92H101Cl2N9O36. The van der Waals surface area contributed by atoms with Crippen molar-refractivity contribution in [1.82, 2.24) is 47.9 Å². The number of aromatic hydroxyl groups is 4. The van der Waals surface area contributed by atoms with Gasteiger partial charge in [-0.05, 0) is 119 Å². The van der Waals surface area contributed by atoms with Gasteiger partial charge >= 0.3 is 11.9 Å². The number of unbranched alkanes of at least 4 members (excludes halogenated alkanes) is 6. The van der Waals surface area contributed by atoms with Crippen molar-refractivity contribution in [3.05, 3.63) is 164 Å². The van der Waals surface area contributed by atoms with E-state index in [1.54, 1.807) is 0 Å². The van der Waals surface area contributed by atoms with Crippen LogP contribution in [0.25, 0.3) is 11.1 Å². The molecule has 7 aromatic rings. The van der Waals surface area contributed by atoms with Gasteiger partial charge in [-0.2, -0.15) is 0 Å². The highest BCUT2D eigenvalue weighted by Gasteiger charge is 2.53. The van der Waals surface area contributed by atoms with Gasteiger partial charge in [-0.1, -0.05) is 92.9 Å². The van der Waals surface area contributed by atoms with Gasteiger partial charge in [-0.3, -0.25) is 47.9 Å². The maximum absolute atomic E-state index is 17.1. The maximum Gasteiger partial charge on any atom is 0.330 e. The molecule has 3 saturated heterocycles. The van der Waals surface area contributed by atoms with Gasteiger partial charge in [-0.15, -0.1) is 0 Å². The van der Waals surface area contributed by atoms with Crippen LogP contribution in [-0.4, -0.2) is 271 Å². The lowest BCUT2D eigenvalue weighted by Crippen LogP contribution is -2.65. The molecule has 139 heavy (non-hydrogen) atoms. The maximum atomic E-state index is 17.1. The summed E-state index contributed by atoms with van der Waals surface area (Å²) < 4.78 is 57.5. The third-order valence-corrected chi connectivity index (χ3v) is 24.9. The molecule has 0 radical (unpaired) electrons. The average Bonchev–Trinajstić information content (AvgIpc) is 0.754. The SMILES string of the molecule is CCCCCCCCCC(=O)NC1C(Oc2c3cc4cc2Oc2ccc(cc2Cl)C(OC2OC(CO)C(O)C(O)C2NC(C)=O)C2NC(=O)C(NC(=O)C4NC(=O)C4NC(=O)C(Cc5ccc(c(Cl)c5)O3)NC(=O)C(NC(=O)CCC(=O)O)c3ccc(O)c(c3)Oc3cc(O)cc4c3)c3ccc(O)c(c3)-c3c(OC4OC(CO)C(O)C(O)C4O)cc(O)cc3C(C(=O)O)NC2=O)OC(CO)C(O)C1O. The molecule has 9 amide bonds. The number of carboxylic acids is 2. The molecular weight excluding hydrogens is 1880 g/mol. The Hall–Kier alpha value is -13.1. The summed E-state index contributed by atoms with van der Waals surface area (Å²) in [6.07, 6.45) is -25.9. The summed E-state index contributed by atoms with van der Waals surface area (Å²) in [4.78, 5) is 165. The molecule has 16 rings (SSSR count). The number of aliphatic hydroxyl groups is 10. The Morgan fingerprint density at radius 2 is 1.00 bits per heavy atom. The number of nitrogens with one attached hydrogen (secondary N) is 9. The van der Waals surface area contributed by atoms with Gasteiger partial charge < -0.3 is 172 Å². The Kier molecular flexibility index (Phi) is 32.2. The molecule has 744 valence electrons.